The van der Waals surface area contributed by atoms with Crippen molar-refractivity contribution in [3.8, 4) is 0 Å². The van der Waals surface area contributed by atoms with Crippen molar-refractivity contribution >= 4 is 0 Å². The number of nitrogens with zero attached hydrogens (tertiary/aromatic N) is 1. The van der Waals surface area contributed by atoms with Crippen LogP contribution in [0.15, 0.2) is 24.3 Å². The van der Waals surface area contributed by atoms with Crippen LogP contribution in [0.3, 0.4) is 0 Å². The third-order valence-corrected chi connectivity index (χ3v) is 3.46. The van der Waals surface area contributed by atoms with Crippen LogP contribution in [-0.4, -0.2) is 40.9 Å². The van der Waals surface area contributed by atoms with Crippen LogP contribution in [-0.2, 0) is 0 Å². The molecule has 100 valence electrons. The van der Waals surface area contributed by atoms with Gasteiger partial charge in [0, 0.05) is 18.7 Å². The average Bonchev–Trinajstić information content (AvgIpc) is 2.37. The monoisotopic (exact) mass is 253 g/mol. The third kappa shape index (κ3) is 3.51. The van der Waals surface area contributed by atoms with E-state index in [4.69, 9.17) is 0 Å². The number of aliphatic hydroxyl groups is 2. The molecule has 1 heterocycles. The number of piperidine rings is 1. The fourth-order valence-electron chi connectivity index (χ4n) is 2.44. The Bertz CT molecular complexity index is 386. The molecule has 0 saturated carbocycles. The van der Waals surface area contributed by atoms with Crippen LogP contribution in [0.1, 0.15) is 30.9 Å². The molecule has 0 spiro atoms. The molecule has 1 aromatic carbocycles. The van der Waals surface area contributed by atoms with E-state index in [1.54, 1.807) is 18.2 Å². The molecule has 0 aliphatic carbocycles. The predicted molar refractivity (Wildman–Crippen MR) is 67.7 cm³/mol. The summed E-state index contributed by atoms with van der Waals surface area (Å²) in [4.78, 5) is 2.12. The Morgan fingerprint density at radius 2 is 2.17 bits per heavy atom. The summed E-state index contributed by atoms with van der Waals surface area (Å²) in [6.07, 6.45) is 1.30. The fourth-order valence-corrected chi connectivity index (χ4v) is 2.44. The van der Waals surface area contributed by atoms with Crippen LogP contribution in [0, 0.1) is 5.82 Å². The zero-order valence-electron chi connectivity index (χ0n) is 10.4. The van der Waals surface area contributed by atoms with Gasteiger partial charge in [0.25, 0.3) is 0 Å². The van der Waals surface area contributed by atoms with Crippen LogP contribution in [0.5, 0.6) is 0 Å². The molecule has 1 aliphatic heterocycles. The lowest BCUT2D eigenvalue weighted by Gasteiger charge is -2.30. The minimum absolute atomic E-state index is 0.260. The molecule has 18 heavy (non-hydrogen) atoms. The first-order valence-corrected chi connectivity index (χ1v) is 6.49. The highest BCUT2D eigenvalue weighted by Gasteiger charge is 2.19. The van der Waals surface area contributed by atoms with E-state index in [2.05, 4.69) is 4.90 Å². The van der Waals surface area contributed by atoms with Crippen molar-refractivity contribution in [1.29, 1.82) is 0 Å². The standard InChI is InChI=1S/C14H20FNO2/c15-13-6-2-1-5-12(13)14(18)7-9-16-8-3-4-11(17)10-16/h1-2,5-6,11,14,17-18H,3-4,7-10H2. The van der Waals surface area contributed by atoms with Gasteiger partial charge in [0.2, 0.25) is 0 Å². The second-order valence-electron chi connectivity index (χ2n) is 4.92. The molecule has 1 saturated heterocycles. The highest BCUT2D eigenvalue weighted by Crippen LogP contribution is 2.21. The van der Waals surface area contributed by atoms with Crippen LogP contribution in [0.4, 0.5) is 4.39 Å². The van der Waals surface area contributed by atoms with Crippen molar-refractivity contribution in [3.63, 3.8) is 0 Å². The molecule has 0 aromatic heterocycles. The van der Waals surface area contributed by atoms with Crippen molar-refractivity contribution in [2.24, 2.45) is 0 Å². The summed E-state index contributed by atoms with van der Waals surface area (Å²) < 4.78 is 13.5. The molecule has 1 fully saturated rings. The number of hydrogen-bond donors (Lipinski definition) is 2. The molecule has 2 N–H and O–H groups in total. The molecule has 3 nitrogen and oxygen atoms in total. The van der Waals surface area contributed by atoms with Crippen molar-refractivity contribution in [3.05, 3.63) is 35.6 Å². The fraction of sp³-hybridized carbons (Fsp3) is 0.571. The summed E-state index contributed by atoms with van der Waals surface area (Å²) >= 11 is 0. The number of aliphatic hydroxyl groups excluding tert-OH is 2. The van der Waals surface area contributed by atoms with Crippen molar-refractivity contribution < 1.29 is 14.6 Å². The van der Waals surface area contributed by atoms with Gasteiger partial charge in [-0.05, 0) is 31.9 Å². The second-order valence-corrected chi connectivity index (χ2v) is 4.92. The van der Waals surface area contributed by atoms with Crippen molar-refractivity contribution in [2.75, 3.05) is 19.6 Å². The van der Waals surface area contributed by atoms with Crippen molar-refractivity contribution in [2.45, 2.75) is 31.5 Å². The van der Waals surface area contributed by atoms with Crippen molar-refractivity contribution in [1.82, 2.24) is 4.90 Å². The van der Waals surface area contributed by atoms with Gasteiger partial charge in [-0.15, -0.1) is 0 Å². The summed E-state index contributed by atoms with van der Waals surface area (Å²) in [5.74, 6) is -0.358. The van der Waals surface area contributed by atoms with Crippen LogP contribution >= 0.6 is 0 Å². The number of benzene rings is 1. The zero-order chi connectivity index (χ0) is 13.0. The SMILES string of the molecule is OC1CCCN(CCC(O)c2ccccc2F)C1. The molecule has 1 aliphatic rings. The van der Waals surface area contributed by atoms with E-state index in [9.17, 15) is 14.6 Å². The van der Waals surface area contributed by atoms with Crippen LogP contribution < -0.4 is 0 Å². The Hall–Kier alpha value is -0.970. The van der Waals surface area contributed by atoms with E-state index in [1.807, 2.05) is 0 Å². The Morgan fingerprint density at radius 3 is 2.89 bits per heavy atom. The predicted octanol–water partition coefficient (Wildman–Crippen LogP) is 1.71. The third-order valence-electron chi connectivity index (χ3n) is 3.46. The lowest BCUT2D eigenvalue weighted by atomic mass is 10.0. The normalized spacial score (nSPS) is 22.9. The highest BCUT2D eigenvalue weighted by molar-refractivity contribution is 5.19. The smallest absolute Gasteiger partial charge is 0.128 e. The molecule has 0 amide bonds. The first-order chi connectivity index (χ1) is 8.66. The first kappa shape index (κ1) is 13.5. The molecule has 0 radical (unpaired) electrons. The molecule has 2 atom stereocenters. The lowest BCUT2D eigenvalue weighted by molar-refractivity contribution is 0.0586. The summed E-state index contributed by atoms with van der Waals surface area (Å²) in [7, 11) is 0. The molecular weight excluding hydrogens is 233 g/mol. The van der Waals surface area contributed by atoms with Gasteiger partial charge in [-0.25, -0.2) is 4.39 Å². The summed E-state index contributed by atoms with van der Waals surface area (Å²) in [6.45, 7) is 2.29. The quantitative estimate of drug-likeness (QED) is 0.858. The maximum Gasteiger partial charge on any atom is 0.128 e. The maximum atomic E-state index is 13.5. The molecular formula is C14H20FNO2. The number of hydrogen-bond acceptors (Lipinski definition) is 3. The summed E-state index contributed by atoms with van der Waals surface area (Å²) in [6, 6.07) is 6.33. The molecule has 0 bridgehead atoms. The van der Waals surface area contributed by atoms with E-state index in [1.165, 1.54) is 6.07 Å². The Kier molecular flexibility index (Phi) is 4.69. The molecule has 2 rings (SSSR count). The number of likely N-dealkylation sites (tertiary alicyclic amines) is 1. The van der Waals surface area contributed by atoms with Gasteiger partial charge in [0.1, 0.15) is 5.82 Å². The minimum Gasteiger partial charge on any atom is -0.392 e. The molecule has 1 aromatic rings. The largest absolute Gasteiger partial charge is 0.392 e. The zero-order valence-corrected chi connectivity index (χ0v) is 10.4. The highest BCUT2D eigenvalue weighted by atomic mass is 19.1. The lowest BCUT2D eigenvalue weighted by Crippen LogP contribution is -2.39. The summed E-state index contributed by atoms with van der Waals surface area (Å²) in [5, 5.41) is 19.5. The van der Waals surface area contributed by atoms with Gasteiger partial charge >= 0.3 is 0 Å². The molecule has 2 unspecified atom stereocenters. The van der Waals surface area contributed by atoms with Gasteiger partial charge in [0.15, 0.2) is 0 Å². The maximum absolute atomic E-state index is 13.5. The number of halogens is 1. The van der Waals surface area contributed by atoms with Gasteiger partial charge in [-0.2, -0.15) is 0 Å². The van der Waals surface area contributed by atoms with E-state index in [0.29, 0.717) is 25.1 Å². The average molecular weight is 253 g/mol. The van der Waals surface area contributed by atoms with Crippen LogP contribution in [0.25, 0.3) is 0 Å². The number of rotatable bonds is 4. The Morgan fingerprint density at radius 1 is 1.39 bits per heavy atom. The van der Waals surface area contributed by atoms with Gasteiger partial charge in [-0.3, -0.25) is 0 Å². The van der Waals surface area contributed by atoms with E-state index < -0.39 is 6.10 Å². The van der Waals surface area contributed by atoms with E-state index >= 15 is 0 Å². The van der Waals surface area contributed by atoms with E-state index in [-0.39, 0.29) is 11.9 Å². The Labute approximate surface area is 107 Å². The summed E-state index contributed by atoms with van der Waals surface area (Å²) in [5.41, 5.74) is 0.357. The topological polar surface area (TPSA) is 43.7 Å². The van der Waals surface area contributed by atoms with E-state index in [0.717, 1.165) is 19.4 Å². The first-order valence-electron chi connectivity index (χ1n) is 6.49. The van der Waals surface area contributed by atoms with Crippen LogP contribution in [0.2, 0.25) is 0 Å². The van der Waals surface area contributed by atoms with Gasteiger partial charge in [-0.1, -0.05) is 18.2 Å². The second kappa shape index (κ2) is 6.27. The number of β-amino-alcohol motifs (C(OH)–C–C–N with tert-alkyl or cyclic N) is 1. The van der Waals surface area contributed by atoms with Gasteiger partial charge < -0.3 is 15.1 Å². The Balaban J connectivity index is 1.84. The van der Waals surface area contributed by atoms with Gasteiger partial charge in [0.05, 0.1) is 12.2 Å². The minimum atomic E-state index is -0.773. The molecule has 4 heteroatoms.